The Bertz CT molecular complexity index is 690. The Kier molecular flexibility index (Phi) is 6.81. The Morgan fingerprint density at radius 2 is 1.88 bits per heavy atom. The largest absolute Gasteiger partial charge is 0.455 e. The summed E-state index contributed by atoms with van der Waals surface area (Å²) in [4.78, 5) is 28.5. The monoisotopic (exact) mass is 344 g/mol. The van der Waals surface area contributed by atoms with E-state index in [4.69, 9.17) is 4.74 Å². The van der Waals surface area contributed by atoms with E-state index in [1.165, 1.54) is 11.8 Å². The van der Waals surface area contributed by atoms with Crippen molar-refractivity contribution in [2.75, 3.05) is 17.7 Å². The van der Waals surface area contributed by atoms with Crippen molar-refractivity contribution in [1.29, 1.82) is 0 Å². The molecule has 0 radical (unpaired) electrons. The molecule has 2 aromatic rings. The number of carbonyl (C=O) groups excluding carboxylic acids is 2. The lowest BCUT2D eigenvalue weighted by atomic mass is 10.0. The van der Waals surface area contributed by atoms with Crippen molar-refractivity contribution in [1.82, 2.24) is 4.98 Å². The molecule has 1 heterocycles. The Labute approximate surface area is 145 Å². The second-order valence-corrected chi connectivity index (χ2v) is 6.47. The number of thioether (sulfide) groups is 1. The third kappa shape index (κ3) is 5.70. The van der Waals surface area contributed by atoms with Crippen LogP contribution in [-0.2, 0) is 14.3 Å². The van der Waals surface area contributed by atoms with Gasteiger partial charge < -0.3 is 10.1 Å². The Morgan fingerprint density at radius 1 is 1.17 bits per heavy atom. The van der Waals surface area contributed by atoms with Crippen LogP contribution in [0.25, 0.3) is 0 Å². The normalized spacial score (nSPS) is 10.5. The molecule has 0 spiro atoms. The smallest absolute Gasteiger partial charge is 0.316 e. The van der Waals surface area contributed by atoms with E-state index < -0.39 is 5.97 Å². The number of aromatic nitrogens is 1. The van der Waals surface area contributed by atoms with E-state index in [0.717, 1.165) is 16.1 Å². The number of benzene rings is 1. The number of esters is 1. The molecule has 1 N–H and O–H groups in total. The summed E-state index contributed by atoms with van der Waals surface area (Å²) >= 11 is 1.34. The van der Waals surface area contributed by atoms with Gasteiger partial charge in [-0.1, -0.05) is 32.0 Å². The fraction of sp³-hybridized carbons (Fsp3) is 0.278. The zero-order chi connectivity index (χ0) is 17.4. The Morgan fingerprint density at radius 3 is 2.58 bits per heavy atom. The maximum absolute atomic E-state index is 12.0. The number of hydrogen-bond acceptors (Lipinski definition) is 5. The van der Waals surface area contributed by atoms with Gasteiger partial charge in [0.2, 0.25) is 0 Å². The number of para-hydroxylation sites is 1. The minimum absolute atomic E-state index is 0.153. The average Bonchev–Trinajstić information content (AvgIpc) is 2.59. The molecule has 1 amide bonds. The fourth-order valence-corrected chi connectivity index (χ4v) is 2.75. The fourth-order valence-electron chi connectivity index (χ4n) is 2.07. The summed E-state index contributed by atoms with van der Waals surface area (Å²) in [5, 5.41) is 2.79. The number of nitrogens with one attached hydrogen (secondary N) is 1. The van der Waals surface area contributed by atoms with Gasteiger partial charge in [-0.25, -0.2) is 0 Å². The van der Waals surface area contributed by atoms with Crippen LogP contribution in [0.3, 0.4) is 0 Å². The number of nitrogens with zero attached hydrogens (tertiary/aromatic N) is 1. The first-order valence-electron chi connectivity index (χ1n) is 7.63. The molecule has 5 nitrogen and oxygen atoms in total. The summed E-state index contributed by atoms with van der Waals surface area (Å²) in [6.07, 6.45) is 3.32. The van der Waals surface area contributed by atoms with Crippen molar-refractivity contribution < 1.29 is 14.3 Å². The summed E-state index contributed by atoms with van der Waals surface area (Å²) in [6.45, 7) is 3.82. The molecular formula is C18H20N2O3S. The lowest BCUT2D eigenvalue weighted by molar-refractivity contribution is -0.144. The highest BCUT2D eigenvalue weighted by Crippen LogP contribution is 2.23. The summed E-state index contributed by atoms with van der Waals surface area (Å²) in [7, 11) is 0. The molecule has 0 bridgehead atoms. The highest BCUT2D eigenvalue weighted by atomic mass is 32.2. The van der Waals surface area contributed by atoms with Crippen LogP contribution in [0.5, 0.6) is 0 Å². The van der Waals surface area contributed by atoms with Crippen molar-refractivity contribution in [3.05, 3.63) is 54.4 Å². The molecule has 126 valence electrons. The predicted octanol–water partition coefficient (Wildman–Crippen LogP) is 3.48. The Balaban J connectivity index is 1.78. The van der Waals surface area contributed by atoms with Crippen molar-refractivity contribution in [2.45, 2.75) is 24.7 Å². The van der Waals surface area contributed by atoms with Gasteiger partial charge in [0.1, 0.15) is 0 Å². The molecule has 0 aliphatic heterocycles. The number of amides is 1. The van der Waals surface area contributed by atoms with Gasteiger partial charge in [0.25, 0.3) is 5.91 Å². The predicted molar refractivity (Wildman–Crippen MR) is 95.1 cm³/mol. The molecular weight excluding hydrogens is 324 g/mol. The maximum atomic E-state index is 12.0. The third-order valence-corrected chi connectivity index (χ3v) is 4.21. The molecule has 0 saturated heterocycles. The van der Waals surface area contributed by atoms with E-state index in [0.29, 0.717) is 5.92 Å². The maximum Gasteiger partial charge on any atom is 0.316 e. The first-order valence-corrected chi connectivity index (χ1v) is 8.62. The quantitative estimate of drug-likeness (QED) is 0.615. The molecule has 6 heteroatoms. The SMILES string of the molecule is CC(C)c1ccccc1NC(=O)COC(=O)CSc1ccncc1. The third-order valence-electron chi connectivity index (χ3n) is 3.23. The molecule has 0 fully saturated rings. The second kappa shape index (κ2) is 9.08. The molecule has 0 aliphatic rings. The van der Waals surface area contributed by atoms with Gasteiger partial charge in [-0.3, -0.25) is 14.6 Å². The molecule has 0 atom stereocenters. The summed E-state index contributed by atoms with van der Waals surface area (Å²) < 4.78 is 5.01. The minimum Gasteiger partial charge on any atom is -0.455 e. The van der Waals surface area contributed by atoms with Crippen LogP contribution >= 0.6 is 11.8 Å². The molecule has 0 aliphatic carbocycles. The van der Waals surface area contributed by atoms with Crippen molar-refractivity contribution >= 4 is 29.3 Å². The zero-order valence-corrected chi connectivity index (χ0v) is 14.5. The van der Waals surface area contributed by atoms with E-state index >= 15 is 0 Å². The van der Waals surface area contributed by atoms with Crippen molar-refractivity contribution in [2.24, 2.45) is 0 Å². The van der Waals surface area contributed by atoms with Crippen LogP contribution in [0.4, 0.5) is 5.69 Å². The first-order chi connectivity index (χ1) is 11.6. The van der Waals surface area contributed by atoms with E-state index in [1.54, 1.807) is 12.4 Å². The summed E-state index contributed by atoms with van der Waals surface area (Å²) in [6, 6.07) is 11.2. The Hall–Kier alpha value is -2.34. The van der Waals surface area contributed by atoms with E-state index in [1.807, 2.05) is 36.4 Å². The van der Waals surface area contributed by atoms with E-state index in [9.17, 15) is 9.59 Å². The van der Waals surface area contributed by atoms with Crippen LogP contribution in [0, 0.1) is 0 Å². The average molecular weight is 344 g/mol. The number of ether oxygens (including phenoxy) is 1. The topological polar surface area (TPSA) is 68.3 Å². The van der Waals surface area contributed by atoms with Gasteiger partial charge >= 0.3 is 5.97 Å². The van der Waals surface area contributed by atoms with Crippen LogP contribution in [-0.4, -0.2) is 29.2 Å². The number of rotatable bonds is 7. The van der Waals surface area contributed by atoms with E-state index in [-0.39, 0.29) is 18.3 Å². The molecule has 0 saturated carbocycles. The number of carbonyl (C=O) groups is 2. The molecule has 2 rings (SSSR count). The van der Waals surface area contributed by atoms with Gasteiger partial charge in [0, 0.05) is 23.0 Å². The van der Waals surface area contributed by atoms with Gasteiger partial charge in [-0.2, -0.15) is 0 Å². The summed E-state index contributed by atoms with van der Waals surface area (Å²) in [5.41, 5.74) is 1.80. The number of hydrogen-bond donors (Lipinski definition) is 1. The van der Waals surface area contributed by atoms with Gasteiger partial charge in [-0.15, -0.1) is 11.8 Å². The minimum atomic E-state index is -0.427. The lowest BCUT2D eigenvalue weighted by Crippen LogP contribution is -2.22. The highest BCUT2D eigenvalue weighted by molar-refractivity contribution is 8.00. The number of anilines is 1. The molecule has 24 heavy (non-hydrogen) atoms. The van der Waals surface area contributed by atoms with Crippen LogP contribution in [0.15, 0.2) is 53.7 Å². The van der Waals surface area contributed by atoms with Crippen LogP contribution in [0.1, 0.15) is 25.3 Å². The lowest BCUT2D eigenvalue weighted by Gasteiger charge is -2.13. The number of pyridine rings is 1. The van der Waals surface area contributed by atoms with Gasteiger partial charge in [0.15, 0.2) is 6.61 Å². The summed E-state index contributed by atoms with van der Waals surface area (Å²) in [5.74, 6) is -0.324. The molecule has 0 unspecified atom stereocenters. The van der Waals surface area contributed by atoms with E-state index in [2.05, 4.69) is 24.1 Å². The highest BCUT2D eigenvalue weighted by Gasteiger charge is 2.11. The molecule has 1 aromatic carbocycles. The zero-order valence-electron chi connectivity index (χ0n) is 13.7. The van der Waals surface area contributed by atoms with Crippen molar-refractivity contribution in [3.8, 4) is 0 Å². The van der Waals surface area contributed by atoms with Gasteiger partial charge in [0.05, 0.1) is 5.75 Å². The second-order valence-electron chi connectivity index (χ2n) is 5.42. The standard InChI is InChI=1S/C18H20N2O3S/c1-13(2)15-5-3-4-6-16(15)20-17(21)11-23-18(22)12-24-14-7-9-19-10-8-14/h3-10,13H,11-12H2,1-2H3,(H,20,21). The van der Waals surface area contributed by atoms with Crippen LogP contribution < -0.4 is 5.32 Å². The first kappa shape index (κ1) is 18.0. The molecule has 1 aromatic heterocycles. The van der Waals surface area contributed by atoms with Crippen LogP contribution in [0.2, 0.25) is 0 Å². The van der Waals surface area contributed by atoms with Crippen molar-refractivity contribution in [3.63, 3.8) is 0 Å². The van der Waals surface area contributed by atoms with Gasteiger partial charge in [-0.05, 0) is 29.7 Å².